The van der Waals surface area contributed by atoms with Crippen LogP contribution in [0.2, 0.25) is 0 Å². The van der Waals surface area contributed by atoms with Crippen LogP contribution in [0, 0.1) is 24.5 Å². The molecule has 0 radical (unpaired) electrons. The van der Waals surface area contributed by atoms with Crippen molar-refractivity contribution in [3.63, 3.8) is 0 Å². The van der Waals surface area contributed by atoms with E-state index in [2.05, 4.69) is 4.98 Å². The van der Waals surface area contributed by atoms with Gasteiger partial charge in [-0.2, -0.15) is 0 Å². The highest BCUT2D eigenvalue weighted by Crippen LogP contribution is 2.20. The van der Waals surface area contributed by atoms with Crippen LogP contribution in [0.5, 0.6) is 0 Å². The number of aryl methyl sites for hydroxylation is 1. The Labute approximate surface area is 104 Å². The minimum absolute atomic E-state index is 0.0405. The maximum atomic E-state index is 13.8. The molecule has 4 heteroatoms. The summed E-state index contributed by atoms with van der Waals surface area (Å²) in [5, 5.41) is -0.194. The van der Waals surface area contributed by atoms with E-state index in [-0.39, 0.29) is 16.5 Å². The molecule has 0 saturated carbocycles. The molecule has 0 spiro atoms. The maximum Gasteiger partial charge on any atom is 0.192 e. The Kier molecular flexibility index (Phi) is 3.20. The largest absolute Gasteiger partial charge is 0.356 e. The van der Waals surface area contributed by atoms with E-state index < -0.39 is 17.1 Å². The van der Waals surface area contributed by atoms with Crippen molar-refractivity contribution in [1.82, 2.24) is 4.98 Å². The number of fused-ring (bicyclic) bond motifs is 1. The highest BCUT2D eigenvalue weighted by atomic mass is 19.1. The number of rotatable bonds is 2. The first-order valence-corrected chi connectivity index (χ1v) is 5.90. The summed E-state index contributed by atoms with van der Waals surface area (Å²) in [5.74, 6) is -0.910. The first kappa shape index (κ1) is 12.7. The summed E-state index contributed by atoms with van der Waals surface area (Å²) in [5.41, 5.74) is 0.257. The lowest BCUT2D eigenvalue weighted by atomic mass is 10.0. The second-order valence-electron chi connectivity index (χ2n) is 5.00. The number of nitrogens with one attached hydrogen (secondary N) is 1. The van der Waals surface area contributed by atoms with Crippen molar-refractivity contribution in [2.24, 2.45) is 5.92 Å². The van der Waals surface area contributed by atoms with Gasteiger partial charge in [0, 0.05) is 11.8 Å². The van der Waals surface area contributed by atoms with Crippen molar-refractivity contribution in [2.45, 2.75) is 27.2 Å². The second-order valence-corrected chi connectivity index (χ2v) is 5.00. The van der Waals surface area contributed by atoms with Crippen molar-refractivity contribution >= 4 is 10.9 Å². The zero-order valence-corrected chi connectivity index (χ0v) is 10.6. The molecular formula is C14H15F2NO. The fraction of sp³-hybridized carbons (Fsp3) is 0.357. The van der Waals surface area contributed by atoms with E-state index in [0.717, 1.165) is 6.07 Å². The molecule has 2 aromatic rings. The van der Waals surface area contributed by atoms with E-state index in [4.69, 9.17) is 0 Å². The van der Waals surface area contributed by atoms with Crippen LogP contribution < -0.4 is 5.43 Å². The predicted octanol–water partition coefficient (Wildman–Crippen LogP) is 3.31. The highest BCUT2D eigenvalue weighted by Gasteiger charge is 2.14. The molecule has 0 unspecified atom stereocenters. The molecule has 0 atom stereocenters. The lowest BCUT2D eigenvalue weighted by Gasteiger charge is -2.09. The summed E-state index contributed by atoms with van der Waals surface area (Å²) in [6, 6.07) is 2.46. The van der Waals surface area contributed by atoms with Gasteiger partial charge in [-0.1, -0.05) is 13.8 Å². The Morgan fingerprint density at radius 2 is 1.94 bits per heavy atom. The summed E-state index contributed by atoms with van der Waals surface area (Å²) in [4.78, 5) is 14.7. The monoisotopic (exact) mass is 251 g/mol. The van der Waals surface area contributed by atoms with Crippen LogP contribution in [-0.2, 0) is 6.42 Å². The summed E-state index contributed by atoms with van der Waals surface area (Å²) < 4.78 is 27.6. The van der Waals surface area contributed by atoms with E-state index in [1.54, 1.807) is 0 Å². The Morgan fingerprint density at radius 1 is 1.28 bits per heavy atom. The number of hydrogen-bond acceptors (Lipinski definition) is 1. The third-order valence-electron chi connectivity index (χ3n) is 2.86. The molecule has 0 aliphatic heterocycles. The van der Waals surface area contributed by atoms with Crippen LogP contribution in [0.15, 0.2) is 16.9 Å². The molecule has 2 nitrogen and oxygen atoms in total. The summed E-state index contributed by atoms with van der Waals surface area (Å²) >= 11 is 0. The minimum atomic E-state index is -0.649. The topological polar surface area (TPSA) is 32.9 Å². The van der Waals surface area contributed by atoms with E-state index in [0.29, 0.717) is 18.0 Å². The standard InChI is InChI=1S/C14H15F2NO/c1-7(2)4-9-6-11(18)12-13(16)8(3)5-10(15)14(12)17-9/h5-7H,4H2,1-3H3,(H,17,18). The number of halogens is 2. The van der Waals surface area contributed by atoms with Gasteiger partial charge in [-0.3, -0.25) is 4.79 Å². The number of aromatic nitrogens is 1. The van der Waals surface area contributed by atoms with Gasteiger partial charge in [-0.15, -0.1) is 0 Å². The molecule has 0 aliphatic rings. The van der Waals surface area contributed by atoms with Gasteiger partial charge in [-0.25, -0.2) is 8.78 Å². The van der Waals surface area contributed by atoms with Gasteiger partial charge >= 0.3 is 0 Å². The molecule has 1 aromatic carbocycles. The van der Waals surface area contributed by atoms with Gasteiger partial charge in [0.25, 0.3) is 0 Å². The van der Waals surface area contributed by atoms with E-state index in [9.17, 15) is 13.6 Å². The average molecular weight is 251 g/mol. The van der Waals surface area contributed by atoms with Gasteiger partial charge in [0.2, 0.25) is 0 Å². The van der Waals surface area contributed by atoms with Gasteiger partial charge in [0.1, 0.15) is 11.6 Å². The van der Waals surface area contributed by atoms with Gasteiger partial charge in [0.05, 0.1) is 10.9 Å². The number of benzene rings is 1. The highest BCUT2D eigenvalue weighted by molar-refractivity contribution is 5.80. The van der Waals surface area contributed by atoms with Crippen molar-refractivity contribution in [3.8, 4) is 0 Å². The van der Waals surface area contributed by atoms with Crippen molar-refractivity contribution < 1.29 is 8.78 Å². The number of aromatic amines is 1. The van der Waals surface area contributed by atoms with E-state index in [1.807, 2.05) is 13.8 Å². The molecule has 0 amide bonds. The molecular weight excluding hydrogens is 236 g/mol. The SMILES string of the molecule is Cc1cc(F)c2[nH]c(CC(C)C)cc(=O)c2c1F. The first-order valence-electron chi connectivity index (χ1n) is 5.90. The van der Waals surface area contributed by atoms with Crippen molar-refractivity contribution in [1.29, 1.82) is 0 Å². The molecule has 0 saturated heterocycles. The van der Waals surface area contributed by atoms with Crippen LogP contribution in [0.25, 0.3) is 10.9 Å². The summed E-state index contributed by atoms with van der Waals surface area (Å²) in [7, 11) is 0. The van der Waals surface area contributed by atoms with Crippen LogP contribution in [0.4, 0.5) is 8.78 Å². The lowest BCUT2D eigenvalue weighted by molar-refractivity contribution is 0.603. The number of hydrogen-bond donors (Lipinski definition) is 1. The molecule has 0 aliphatic carbocycles. The Bertz CT molecular complexity index is 659. The van der Waals surface area contributed by atoms with Crippen molar-refractivity contribution in [2.75, 3.05) is 0 Å². The number of pyridine rings is 1. The average Bonchev–Trinajstić information content (AvgIpc) is 2.24. The quantitative estimate of drug-likeness (QED) is 0.872. The van der Waals surface area contributed by atoms with Gasteiger partial charge in [-0.05, 0) is 30.9 Å². The van der Waals surface area contributed by atoms with Gasteiger partial charge in [0.15, 0.2) is 5.43 Å². The Morgan fingerprint density at radius 3 is 2.56 bits per heavy atom. The van der Waals surface area contributed by atoms with Crippen LogP contribution in [-0.4, -0.2) is 4.98 Å². The predicted molar refractivity (Wildman–Crippen MR) is 67.8 cm³/mol. The van der Waals surface area contributed by atoms with E-state index >= 15 is 0 Å². The third-order valence-corrected chi connectivity index (χ3v) is 2.86. The van der Waals surface area contributed by atoms with E-state index in [1.165, 1.54) is 13.0 Å². The first-order chi connectivity index (χ1) is 8.40. The molecule has 18 heavy (non-hydrogen) atoms. The van der Waals surface area contributed by atoms with Crippen LogP contribution >= 0.6 is 0 Å². The molecule has 1 aromatic heterocycles. The zero-order valence-electron chi connectivity index (χ0n) is 10.6. The third kappa shape index (κ3) is 2.15. The molecule has 2 rings (SSSR count). The molecule has 0 bridgehead atoms. The molecule has 0 fully saturated rings. The smallest absolute Gasteiger partial charge is 0.192 e. The van der Waals surface area contributed by atoms with Crippen LogP contribution in [0.3, 0.4) is 0 Å². The van der Waals surface area contributed by atoms with Gasteiger partial charge < -0.3 is 4.98 Å². The fourth-order valence-corrected chi connectivity index (χ4v) is 2.08. The second kappa shape index (κ2) is 4.52. The zero-order chi connectivity index (χ0) is 13.4. The molecule has 1 heterocycles. The van der Waals surface area contributed by atoms with Crippen LogP contribution in [0.1, 0.15) is 25.1 Å². The Balaban J connectivity index is 2.78. The fourth-order valence-electron chi connectivity index (χ4n) is 2.08. The molecule has 96 valence electrons. The summed E-state index contributed by atoms with van der Waals surface area (Å²) in [6.45, 7) is 5.43. The maximum absolute atomic E-state index is 13.8. The minimum Gasteiger partial charge on any atom is -0.356 e. The summed E-state index contributed by atoms with van der Waals surface area (Å²) in [6.07, 6.45) is 0.625. The Hall–Kier alpha value is -1.71. The molecule has 1 N–H and O–H groups in total. The van der Waals surface area contributed by atoms with Crippen molar-refractivity contribution in [3.05, 3.63) is 45.2 Å². The normalized spacial score (nSPS) is 11.4. The lowest BCUT2D eigenvalue weighted by Crippen LogP contribution is -2.10. The number of H-pyrrole nitrogens is 1.